The molecule has 0 aromatic carbocycles. The molecular weight excluding hydrogens is 400 g/mol. The van der Waals surface area contributed by atoms with Crippen molar-refractivity contribution in [2.75, 3.05) is 0 Å². The van der Waals surface area contributed by atoms with E-state index in [-0.39, 0.29) is 30.0 Å². The van der Waals surface area contributed by atoms with Gasteiger partial charge in [-0.05, 0) is 63.5 Å². The number of carbonyl (C=O) groups excluding carboxylic acids is 2. The molecule has 7 nitrogen and oxygen atoms in total. The Morgan fingerprint density at radius 1 is 1.23 bits per heavy atom. The lowest BCUT2D eigenvalue weighted by Gasteiger charge is -2.60. The molecule has 4 aliphatic carbocycles. The number of hydrogen-bond acceptors (Lipinski definition) is 7. The molecule has 0 spiro atoms. The van der Waals surface area contributed by atoms with E-state index in [0.29, 0.717) is 6.42 Å². The van der Waals surface area contributed by atoms with Crippen LogP contribution in [0.3, 0.4) is 0 Å². The van der Waals surface area contributed by atoms with Crippen molar-refractivity contribution in [1.82, 2.24) is 0 Å². The minimum atomic E-state index is -2.17. The van der Waals surface area contributed by atoms with E-state index in [9.17, 15) is 24.9 Å². The highest BCUT2D eigenvalue weighted by Gasteiger charge is 2.77. The summed E-state index contributed by atoms with van der Waals surface area (Å²) in [6.45, 7) is 7.49. The van der Waals surface area contributed by atoms with Crippen LogP contribution < -0.4 is 0 Å². The molecule has 5 rings (SSSR count). The Bertz CT molecular complexity index is 904. The van der Waals surface area contributed by atoms with E-state index in [1.54, 1.807) is 26.0 Å². The van der Waals surface area contributed by atoms with E-state index >= 15 is 0 Å². The number of Topliss-reactive ketones (excluding diaryl/α,β-unsaturated/α-hetero) is 1. The predicted molar refractivity (Wildman–Crippen MR) is 109 cm³/mol. The molecule has 0 radical (unpaired) electrons. The molecule has 1 heterocycles. The molecule has 3 saturated carbocycles. The van der Waals surface area contributed by atoms with Crippen molar-refractivity contribution < 1.29 is 34.4 Å². The Morgan fingerprint density at radius 3 is 2.61 bits per heavy atom. The Balaban J connectivity index is 1.60. The zero-order chi connectivity index (χ0) is 22.6. The highest BCUT2D eigenvalue weighted by Crippen LogP contribution is 2.70. The number of fused-ring (bicyclic) bond motifs is 7. The first-order valence-corrected chi connectivity index (χ1v) is 11.3. The molecule has 4 fully saturated rings. The van der Waals surface area contributed by atoms with Gasteiger partial charge in [0.25, 0.3) is 0 Å². The number of aliphatic hydroxyl groups is 3. The quantitative estimate of drug-likeness (QED) is 0.569. The van der Waals surface area contributed by atoms with Gasteiger partial charge in [-0.3, -0.25) is 9.59 Å². The topological polar surface area (TPSA) is 113 Å². The van der Waals surface area contributed by atoms with Gasteiger partial charge >= 0.3 is 0 Å². The zero-order valence-corrected chi connectivity index (χ0v) is 18.5. The highest BCUT2D eigenvalue weighted by molar-refractivity contribution is 6.01. The Kier molecular flexibility index (Phi) is 4.40. The number of ketones is 2. The summed E-state index contributed by atoms with van der Waals surface area (Å²) in [6, 6.07) is 0. The second kappa shape index (κ2) is 6.35. The van der Waals surface area contributed by atoms with Gasteiger partial charge in [0.05, 0.1) is 12.2 Å². The third-order valence-electron chi connectivity index (χ3n) is 9.09. The summed E-state index contributed by atoms with van der Waals surface area (Å²) in [5.41, 5.74) is -1.67. The van der Waals surface area contributed by atoms with E-state index in [4.69, 9.17) is 9.47 Å². The first-order valence-electron chi connectivity index (χ1n) is 11.3. The van der Waals surface area contributed by atoms with Gasteiger partial charge in [0.1, 0.15) is 0 Å². The third kappa shape index (κ3) is 2.58. The fourth-order valence-corrected chi connectivity index (χ4v) is 8.05. The van der Waals surface area contributed by atoms with Gasteiger partial charge in [-0.15, -0.1) is 0 Å². The standard InChI is InChI=1S/C24H32O7/c1-21(2)30-17-10-15-14-6-5-12-9-13(25)7-8-22(12,3)18(14)16(26)11-23(15,4)24(17,31-21)19(27)20(28)29/h7-9,14-18,20,26,28-29H,5-6,10-11H2,1-4H3/t14-,15-,16-,17?,18+,22-,23-,24-/m0/s1. The van der Waals surface area contributed by atoms with Gasteiger partial charge < -0.3 is 24.8 Å². The van der Waals surface area contributed by atoms with Crippen molar-refractivity contribution in [3.8, 4) is 0 Å². The molecule has 1 unspecified atom stereocenters. The maximum absolute atomic E-state index is 13.2. The van der Waals surface area contributed by atoms with Crippen LogP contribution in [0, 0.1) is 28.6 Å². The van der Waals surface area contributed by atoms with E-state index in [2.05, 4.69) is 6.92 Å². The average Bonchev–Trinajstić information content (AvgIpc) is 3.07. The monoisotopic (exact) mass is 432 g/mol. The molecule has 7 heteroatoms. The molecule has 170 valence electrons. The predicted octanol–water partition coefficient (Wildman–Crippen LogP) is 1.65. The van der Waals surface area contributed by atoms with Gasteiger partial charge in [0.2, 0.25) is 12.1 Å². The number of aliphatic hydroxyl groups excluding tert-OH is 2. The van der Waals surface area contributed by atoms with E-state index in [1.165, 1.54) is 0 Å². The largest absolute Gasteiger partial charge is 0.393 e. The van der Waals surface area contributed by atoms with Gasteiger partial charge in [-0.1, -0.05) is 25.5 Å². The first-order chi connectivity index (χ1) is 14.4. The number of ether oxygens (including phenoxy) is 2. The van der Waals surface area contributed by atoms with Crippen LogP contribution in [-0.2, 0) is 19.1 Å². The van der Waals surface area contributed by atoms with Crippen LogP contribution in [0.4, 0.5) is 0 Å². The summed E-state index contributed by atoms with van der Waals surface area (Å²) in [4.78, 5) is 25.2. The van der Waals surface area contributed by atoms with Crippen LogP contribution >= 0.6 is 0 Å². The molecule has 5 aliphatic rings. The number of allylic oxidation sites excluding steroid dienone is 4. The highest BCUT2D eigenvalue weighted by atomic mass is 16.8. The van der Waals surface area contributed by atoms with Crippen molar-refractivity contribution >= 4 is 11.6 Å². The van der Waals surface area contributed by atoms with Crippen LogP contribution in [0.1, 0.15) is 53.4 Å². The average molecular weight is 433 g/mol. The number of carbonyl (C=O) groups is 2. The summed E-state index contributed by atoms with van der Waals surface area (Å²) >= 11 is 0. The fourth-order valence-electron chi connectivity index (χ4n) is 8.05. The lowest BCUT2D eigenvalue weighted by atomic mass is 9.46. The smallest absolute Gasteiger partial charge is 0.223 e. The minimum Gasteiger partial charge on any atom is -0.393 e. The molecule has 0 aromatic heterocycles. The number of rotatable bonds is 2. The Labute approximate surface area is 182 Å². The SMILES string of the molecule is CC1(C)OC2C[C@H]3[C@@H]4CCC5=CC(=O)C=C[C@]5(C)[C@H]4[C@@H](O)C[C@]3(C)[C@]2(C(=O)C(O)O)O1. The van der Waals surface area contributed by atoms with Crippen molar-refractivity contribution in [2.45, 2.75) is 83.3 Å². The summed E-state index contributed by atoms with van der Waals surface area (Å²) in [7, 11) is 0. The first kappa shape index (κ1) is 21.5. The maximum atomic E-state index is 13.2. The molecule has 3 N–H and O–H groups in total. The van der Waals surface area contributed by atoms with Crippen LogP contribution in [0.5, 0.6) is 0 Å². The lowest BCUT2D eigenvalue weighted by Crippen LogP contribution is -2.65. The molecule has 0 aromatic rings. The third-order valence-corrected chi connectivity index (χ3v) is 9.09. The normalized spacial score (nSPS) is 49.9. The van der Waals surface area contributed by atoms with Crippen molar-refractivity contribution in [1.29, 1.82) is 0 Å². The fraction of sp³-hybridized carbons (Fsp3) is 0.750. The maximum Gasteiger partial charge on any atom is 0.223 e. The molecule has 0 amide bonds. The molecular formula is C24H32O7. The summed E-state index contributed by atoms with van der Waals surface area (Å²) < 4.78 is 12.4. The van der Waals surface area contributed by atoms with Gasteiger partial charge in [0.15, 0.2) is 17.2 Å². The minimum absolute atomic E-state index is 0.00843. The zero-order valence-electron chi connectivity index (χ0n) is 18.5. The van der Waals surface area contributed by atoms with E-state index in [0.717, 1.165) is 18.4 Å². The van der Waals surface area contributed by atoms with Crippen molar-refractivity contribution in [3.05, 3.63) is 23.8 Å². The van der Waals surface area contributed by atoms with Gasteiger partial charge in [-0.25, -0.2) is 0 Å². The summed E-state index contributed by atoms with van der Waals surface area (Å²) in [6.07, 6.45) is 4.15. The molecule has 1 saturated heterocycles. The van der Waals surface area contributed by atoms with Crippen LogP contribution in [-0.4, -0.2) is 56.8 Å². The van der Waals surface area contributed by atoms with Crippen molar-refractivity contribution in [2.24, 2.45) is 28.6 Å². The van der Waals surface area contributed by atoms with Gasteiger partial charge in [0, 0.05) is 16.7 Å². The van der Waals surface area contributed by atoms with Crippen LogP contribution in [0.25, 0.3) is 0 Å². The summed E-state index contributed by atoms with van der Waals surface area (Å²) in [5.74, 6) is -1.82. The molecule has 0 bridgehead atoms. The second-order valence-electron chi connectivity index (χ2n) is 11.0. The molecule has 1 aliphatic heterocycles. The second-order valence-corrected chi connectivity index (χ2v) is 11.0. The van der Waals surface area contributed by atoms with Crippen LogP contribution in [0.15, 0.2) is 23.8 Å². The lowest BCUT2D eigenvalue weighted by molar-refractivity contribution is -0.232. The summed E-state index contributed by atoms with van der Waals surface area (Å²) in [5, 5.41) is 31.2. The molecule has 31 heavy (non-hydrogen) atoms. The van der Waals surface area contributed by atoms with Gasteiger partial charge in [-0.2, -0.15) is 0 Å². The Hall–Kier alpha value is -1.38. The molecule has 8 atom stereocenters. The van der Waals surface area contributed by atoms with Crippen molar-refractivity contribution in [3.63, 3.8) is 0 Å². The Morgan fingerprint density at radius 2 is 1.94 bits per heavy atom. The van der Waals surface area contributed by atoms with Crippen LogP contribution in [0.2, 0.25) is 0 Å². The van der Waals surface area contributed by atoms with E-state index in [1.807, 2.05) is 13.0 Å². The number of hydrogen-bond donors (Lipinski definition) is 3. The van der Waals surface area contributed by atoms with E-state index < -0.39 is 46.5 Å².